The van der Waals surface area contributed by atoms with Gasteiger partial charge in [0.1, 0.15) is 5.82 Å². The van der Waals surface area contributed by atoms with Crippen molar-refractivity contribution in [3.8, 4) is 11.4 Å². The van der Waals surface area contributed by atoms with Gasteiger partial charge in [-0.25, -0.2) is 9.97 Å². The second kappa shape index (κ2) is 4.23. The molecule has 2 heterocycles. The number of hydrogen-bond donors (Lipinski definition) is 1. The van der Waals surface area contributed by atoms with E-state index in [4.69, 9.17) is 28.9 Å². The van der Waals surface area contributed by atoms with E-state index < -0.39 is 0 Å². The number of nitrogens with two attached hydrogens (primary N) is 1. The lowest BCUT2D eigenvalue weighted by atomic mass is 10.2. The zero-order valence-electron chi connectivity index (χ0n) is 8.41. The quantitative estimate of drug-likeness (QED) is 0.850. The van der Waals surface area contributed by atoms with Crippen molar-refractivity contribution in [1.82, 2.24) is 15.0 Å². The predicted molar refractivity (Wildman–Crippen MR) is 64.4 cm³/mol. The molecule has 0 aliphatic rings. The number of hydrogen-bond acceptors (Lipinski definition) is 4. The number of aromatic nitrogens is 3. The van der Waals surface area contributed by atoms with E-state index in [0.717, 1.165) is 5.69 Å². The third kappa shape index (κ3) is 2.08. The normalized spacial score (nSPS) is 10.4. The zero-order valence-corrected chi connectivity index (χ0v) is 9.92. The first kappa shape index (κ1) is 11.1. The molecule has 0 unspecified atom stereocenters. The van der Waals surface area contributed by atoms with Crippen LogP contribution >= 0.6 is 23.2 Å². The highest BCUT2D eigenvalue weighted by molar-refractivity contribution is 6.38. The van der Waals surface area contributed by atoms with Gasteiger partial charge in [-0.3, -0.25) is 4.98 Å². The average Bonchev–Trinajstić information content (AvgIpc) is 2.15. The molecule has 0 aliphatic heterocycles. The molecule has 0 fully saturated rings. The first-order valence-corrected chi connectivity index (χ1v) is 5.24. The van der Waals surface area contributed by atoms with Crippen LogP contribution in [-0.2, 0) is 0 Å². The van der Waals surface area contributed by atoms with E-state index in [1.807, 2.05) is 6.92 Å². The lowest BCUT2D eigenvalue weighted by Gasteiger charge is -2.06. The minimum atomic E-state index is 0.381. The minimum Gasteiger partial charge on any atom is -0.384 e. The molecule has 2 aromatic heterocycles. The SMILES string of the molecule is Cc1cc(N)nc(-c2c(Cl)cncc2Cl)n1. The van der Waals surface area contributed by atoms with E-state index in [1.54, 1.807) is 6.07 Å². The minimum absolute atomic E-state index is 0.381. The van der Waals surface area contributed by atoms with Crippen LogP contribution in [0.5, 0.6) is 0 Å². The standard InChI is InChI=1S/C10H8Cl2N4/c1-5-2-8(13)16-10(15-5)9-6(11)3-14-4-7(9)12/h2-4H,1H3,(H2,13,15,16). The number of nitrogen functional groups attached to an aromatic ring is 1. The van der Waals surface area contributed by atoms with Gasteiger partial charge in [0.05, 0.1) is 15.6 Å². The fourth-order valence-corrected chi connectivity index (χ4v) is 1.86. The first-order chi connectivity index (χ1) is 7.58. The molecule has 82 valence electrons. The highest BCUT2D eigenvalue weighted by Gasteiger charge is 2.12. The number of rotatable bonds is 1. The Labute approximate surface area is 102 Å². The average molecular weight is 255 g/mol. The van der Waals surface area contributed by atoms with Gasteiger partial charge in [-0.2, -0.15) is 0 Å². The van der Waals surface area contributed by atoms with Gasteiger partial charge >= 0.3 is 0 Å². The van der Waals surface area contributed by atoms with Crippen LogP contribution in [0.1, 0.15) is 5.69 Å². The van der Waals surface area contributed by atoms with Gasteiger partial charge in [0.15, 0.2) is 5.82 Å². The van der Waals surface area contributed by atoms with Crippen molar-refractivity contribution in [2.24, 2.45) is 0 Å². The summed E-state index contributed by atoms with van der Waals surface area (Å²) in [5.74, 6) is 0.793. The molecule has 0 bridgehead atoms. The summed E-state index contributed by atoms with van der Waals surface area (Å²) in [6.45, 7) is 1.82. The van der Waals surface area contributed by atoms with Crippen LogP contribution in [0.25, 0.3) is 11.4 Å². The molecule has 2 N–H and O–H groups in total. The third-order valence-electron chi connectivity index (χ3n) is 1.95. The van der Waals surface area contributed by atoms with Gasteiger partial charge in [0, 0.05) is 24.2 Å². The van der Waals surface area contributed by atoms with Crippen molar-refractivity contribution < 1.29 is 0 Å². The van der Waals surface area contributed by atoms with Gasteiger partial charge in [0.25, 0.3) is 0 Å². The summed E-state index contributed by atoms with van der Waals surface area (Å²) in [5, 5.41) is 0.801. The maximum absolute atomic E-state index is 6.00. The first-order valence-electron chi connectivity index (χ1n) is 4.48. The molecule has 0 aliphatic carbocycles. The Hall–Kier alpha value is -1.39. The molecule has 16 heavy (non-hydrogen) atoms. The van der Waals surface area contributed by atoms with E-state index in [9.17, 15) is 0 Å². The van der Waals surface area contributed by atoms with Crippen LogP contribution in [0, 0.1) is 6.92 Å². The van der Waals surface area contributed by atoms with Crippen LogP contribution in [0.4, 0.5) is 5.82 Å². The van der Waals surface area contributed by atoms with Gasteiger partial charge in [-0.05, 0) is 6.92 Å². The van der Waals surface area contributed by atoms with Gasteiger partial charge in [-0.15, -0.1) is 0 Å². The molecule has 0 radical (unpaired) electrons. The predicted octanol–water partition coefficient (Wildman–Crippen LogP) is 2.74. The number of anilines is 1. The number of halogens is 2. The largest absolute Gasteiger partial charge is 0.384 e. The lowest BCUT2D eigenvalue weighted by Crippen LogP contribution is -1.98. The van der Waals surface area contributed by atoms with Crippen molar-refractivity contribution in [2.75, 3.05) is 5.73 Å². The fourth-order valence-electron chi connectivity index (χ4n) is 1.33. The molecule has 0 spiro atoms. The van der Waals surface area contributed by atoms with Gasteiger partial charge < -0.3 is 5.73 Å². The molecule has 4 nitrogen and oxygen atoms in total. The summed E-state index contributed by atoms with van der Waals surface area (Å²) in [6, 6.07) is 1.67. The molecule has 2 rings (SSSR count). The monoisotopic (exact) mass is 254 g/mol. The molecular weight excluding hydrogens is 247 g/mol. The number of aryl methyl sites for hydroxylation is 1. The molecule has 6 heteroatoms. The second-order valence-electron chi connectivity index (χ2n) is 3.24. The summed E-state index contributed by atoms with van der Waals surface area (Å²) >= 11 is 12.0. The highest BCUT2D eigenvalue weighted by atomic mass is 35.5. The van der Waals surface area contributed by atoms with E-state index in [0.29, 0.717) is 27.3 Å². The van der Waals surface area contributed by atoms with E-state index in [1.165, 1.54) is 12.4 Å². The molecule has 0 aromatic carbocycles. The Morgan fingerprint density at radius 3 is 2.31 bits per heavy atom. The van der Waals surface area contributed by atoms with Crippen molar-refractivity contribution in [3.63, 3.8) is 0 Å². The van der Waals surface area contributed by atoms with Crippen molar-refractivity contribution in [2.45, 2.75) is 6.92 Å². The van der Waals surface area contributed by atoms with E-state index in [2.05, 4.69) is 15.0 Å². The topological polar surface area (TPSA) is 64.7 Å². The second-order valence-corrected chi connectivity index (χ2v) is 4.05. The summed E-state index contributed by atoms with van der Waals surface area (Å²) < 4.78 is 0. The van der Waals surface area contributed by atoms with Crippen molar-refractivity contribution in [1.29, 1.82) is 0 Å². The Morgan fingerprint density at radius 2 is 1.75 bits per heavy atom. The molecule has 0 amide bonds. The van der Waals surface area contributed by atoms with Crippen LogP contribution in [0.15, 0.2) is 18.5 Å². The smallest absolute Gasteiger partial charge is 0.164 e. The van der Waals surface area contributed by atoms with Crippen LogP contribution in [0.3, 0.4) is 0 Å². The van der Waals surface area contributed by atoms with E-state index >= 15 is 0 Å². The Morgan fingerprint density at radius 1 is 1.12 bits per heavy atom. The van der Waals surface area contributed by atoms with Crippen molar-refractivity contribution >= 4 is 29.0 Å². The Kier molecular flexibility index (Phi) is 2.94. The zero-order chi connectivity index (χ0) is 11.7. The Bertz CT molecular complexity index is 502. The molecule has 2 aromatic rings. The van der Waals surface area contributed by atoms with Crippen molar-refractivity contribution in [3.05, 3.63) is 34.2 Å². The van der Waals surface area contributed by atoms with E-state index in [-0.39, 0.29) is 0 Å². The third-order valence-corrected chi connectivity index (χ3v) is 2.52. The number of pyridine rings is 1. The molecule has 0 atom stereocenters. The summed E-state index contributed by atoms with van der Waals surface area (Å²) in [5.41, 5.74) is 6.95. The number of nitrogens with zero attached hydrogens (tertiary/aromatic N) is 3. The maximum atomic E-state index is 6.00. The Balaban J connectivity index is 2.67. The molecule has 0 saturated carbocycles. The van der Waals surface area contributed by atoms with Crippen LogP contribution in [0.2, 0.25) is 10.0 Å². The molecular formula is C10H8Cl2N4. The summed E-state index contributed by atoms with van der Waals surface area (Å²) in [4.78, 5) is 12.2. The lowest BCUT2D eigenvalue weighted by molar-refractivity contribution is 1.11. The summed E-state index contributed by atoms with van der Waals surface area (Å²) in [6.07, 6.45) is 2.98. The van der Waals surface area contributed by atoms with Gasteiger partial charge in [-0.1, -0.05) is 23.2 Å². The van der Waals surface area contributed by atoms with Crippen LogP contribution < -0.4 is 5.73 Å². The van der Waals surface area contributed by atoms with Gasteiger partial charge in [0.2, 0.25) is 0 Å². The summed E-state index contributed by atoms with van der Waals surface area (Å²) in [7, 11) is 0. The maximum Gasteiger partial charge on any atom is 0.164 e. The van der Waals surface area contributed by atoms with Crippen LogP contribution in [-0.4, -0.2) is 15.0 Å². The molecule has 0 saturated heterocycles. The fraction of sp³-hybridized carbons (Fsp3) is 0.100. The highest BCUT2D eigenvalue weighted by Crippen LogP contribution is 2.31.